The van der Waals surface area contributed by atoms with Crippen LogP contribution in [-0.2, 0) is 6.54 Å². The number of hydrogen-bond acceptors (Lipinski definition) is 4. The van der Waals surface area contributed by atoms with Crippen LogP contribution in [0.1, 0.15) is 15.4 Å². The molecule has 0 radical (unpaired) electrons. The molecule has 0 spiro atoms. The third-order valence-corrected chi connectivity index (χ3v) is 4.13. The number of halogens is 2. The van der Waals surface area contributed by atoms with Crippen LogP contribution in [0.15, 0.2) is 28.2 Å². The summed E-state index contributed by atoms with van der Waals surface area (Å²) in [4.78, 5) is 15.8. The summed E-state index contributed by atoms with van der Waals surface area (Å²) in [7, 11) is 0. The van der Waals surface area contributed by atoms with Gasteiger partial charge in [-0.05, 0) is 27.6 Å². The topological polar surface area (TPSA) is 68.0 Å². The Morgan fingerprint density at radius 1 is 1.56 bits per heavy atom. The molecule has 0 saturated heterocycles. The highest BCUT2D eigenvalue weighted by molar-refractivity contribution is 9.10. The standard InChI is InChI=1S/C11H9BrClN3OS/c12-8-5-18-11(16-8)10(17)15-4-6-2-1-3-7(13)9(6)14/h1-3,5H,4,14H2,(H,15,17). The van der Waals surface area contributed by atoms with Gasteiger partial charge in [0.05, 0.1) is 10.7 Å². The largest absolute Gasteiger partial charge is 0.397 e. The summed E-state index contributed by atoms with van der Waals surface area (Å²) in [5.74, 6) is -0.231. The average molecular weight is 347 g/mol. The first-order valence-electron chi connectivity index (χ1n) is 5.00. The molecule has 0 aliphatic heterocycles. The lowest BCUT2D eigenvalue weighted by atomic mass is 10.2. The summed E-state index contributed by atoms with van der Waals surface area (Å²) in [6, 6.07) is 5.32. The summed E-state index contributed by atoms with van der Waals surface area (Å²) in [6.45, 7) is 0.322. The van der Waals surface area contributed by atoms with Crippen molar-refractivity contribution >= 4 is 50.5 Å². The number of para-hydroxylation sites is 1. The Morgan fingerprint density at radius 3 is 3.00 bits per heavy atom. The molecule has 0 bridgehead atoms. The molecule has 0 aliphatic carbocycles. The van der Waals surface area contributed by atoms with Crippen molar-refractivity contribution in [3.8, 4) is 0 Å². The molecule has 3 N–H and O–H groups in total. The number of anilines is 1. The van der Waals surface area contributed by atoms with Gasteiger partial charge in [-0.2, -0.15) is 0 Å². The molecule has 1 heterocycles. The van der Waals surface area contributed by atoms with Crippen molar-refractivity contribution < 1.29 is 4.79 Å². The molecular weight excluding hydrogens is 338 g/mol. The fraction of sp³-hybridized carbons (Fsp3) is 0.0909. The van der Waals surface area contributed by atoms with Gasteiger partial charge in [0.2, 0.25) is 0 Å². The molecule has 94 valence electrons. The number of amides is 1. The monoisotopic (exact) mass is 345 g/mol. The SMILES string of the molecule is Nc1c(Cl)cccc1CNC(=O)c1nc(Br)cs1. The second-order valence-electron chi connectivity index (χ2n) is 3.47. The van der Waals surface area contributed by atoms with Crippen molar-refractivity contribution in [1.29, 1.82) is 0 Å². The number of carbonyl (C=O) groups excluding carboxylic acids is 1. The quantitative estimate of drug-likeness (QED) is 0.839. The molecule has 0 fully saturated rings. The minimum absolute atomic E-state index is 0.231. The molecule has 0 atom stereocenters. The van der Waals surface area contributed by atoms with E-state index in [1.54, 1.807) is 17.5 Å². The van der Waals surface area contributed by atoms with Crippen molar-refractivity contribution in [2.45, 2.75) is 6.54 Å². The Labute approximate surface area is 121 Å². The number of nitrogen functional groups attached to an aromatic ring is 1. The lowest BCUT2D eigenvalue weighted by molar-refractivity contribution is 0.0950. The van der Waals surface area contributed by atoms with E-state index in [0.717, 1.165) is 5.56 Å². The Balaban J connectivity index is 2.04. The highest BCUT2D eigenvalue weighted by Gasteiger charge is 2.11. The molecule has 0 aliphatic rings. The van der Waals surface area contributed by atoms with Gasteiger partial charge in [-0.3, -0.25) is 4.79 Å². The normalized spacial score (nSPS) is 10.3. The predicted molar refractivity (Wildman–Crippen MR) is 76.8 cm³/mol. The lowest BCUT2D eigenvalue weighted by Gasteiger charge is -2.07. The third-order valence-electron chi connectivity index (χ3n) is 2.25. The van der Waals surface area contributed by atoms with Gasteiger partial charge in [0, 0.05) is 11.9 Å². The Bertz CT molecular complexity index is 587. The van der Waals surface area contributed by atoms with E-state index in [9.17, 15) is 4.79 Å². The molecule has 4 nitrogen and oxygen atoms in total. The van der Waals surface area contributed by atoms with Crippen LogP contribution in [0, 0.1) is 0 Å². The van der Waals surface area contributed by atoms with Gasteiger partial charge in [0.1, 0.15) is 4.60 Å². The van der Waals surface area contributed by atoms with Gasteiger partial charge in [0.15, 0.2) is 5.01 Å². The zero-order chi connectivity index (χ0) is 13.1. The Hall–Kier alpha value is -1.11. The first-order valence-corrected chi connectivity index (χ1v) is 7.05. The molecule has 2 aromatic rings. The van der Waals surface area contributed by atoms with Gasteiger partial charge in [-0.25, -0.2) is 4.98 Å². The summed E-state index contributed by atoms with van der Waals surface area (Å²) < 4.78 is 0.653. The van der Waals surface area contributed by atoms with E-state index in [1.807, 2.05) is 6.07 Å². The Morgan fingerprint density at radius 2 is 2.33 bits per heavy atom. The maximum Gasteiger partial charge on any atom is 0.280 e. The number of carbonyl (C=O) groups is 1. The highest BCUT2D eigenvalue weighted by atomic mass is 79.9. The minimum atomic E-state index is -0.231. The summed E-state index contributed by atoms with van der Waals surface area (Å²) in [5.41, 5.74) is 7.08. The van der Waals surface area contributed by atoms with Gasteiger partial charge < -0.3 is 11.1 Å². The van der Waals surface area contributed by atoms with E-state index in [1.165, 1.54) is 11.3 Å². The number of nitrogens with one attached hydrogen (secondary N) is 1. The molecule has 7 heteroatoms. The van der Waals surface area contributed by atoms with Crippen LogP contribution in [0.2, 0.25) is 5.02 Å². The smallest absolute Gasteiger partial charge is 0.280 e. The second-order valence-corrected chi connectivity index (χ2v) is 5.55. The number of aromatic nitrogens is 1. The van der Waals surface area contributed by atoms with Crippen molar-refractivity contribution in [1.82, 2.24) is 10.3 Å². The van der Waals surface area contributed by atoms with E-state index in [2.05, 4.69) is 26.2 Å². The van der Waals surface area contributed by atoms with Crippen LogP contribution in [-0.4, -0.2) is 10.9 Å². The van der Waals surface area contributed by atoms with Gasteiger partial charge in [0.25, 0.3) is 5.91 Å². The molecule has 1 amide bonds. The summed E-state index contributed by atoms with van der Waals surface area (Å²) in [6.07, 6.45) is 0. The first-order chi connectivity index (χ1) is 8.58. The van der Waals surface area contributed by atoms with Crippen molar-refractivity contribution in [2.24, 2.45) is 0 Å². The van der Waals surface area contributed by atoms with E-state index in [4.69, 9.17) is 17.3 Å². The number of benzene rings is 1. The fourth-order valence-corrected chi connectivity index (χ4v) is 2.71. The van der Waals surface area contributed by atoms with Crippen LogP contribution in [0.5, 0.6) is 0 Å². The van der Waals surface area contributed by atoms with Crippen LogP contribution in [0.3, 0.4) is 0 Å². The molecule has 0 saturated carbocycles. The van der Waals surface area contributed by atoms with Crippen LogP contribution in [0.4, 0.5) is 5.69 Å². The van der Waals surface area contributed by atoms with Crippen molar-refractivity contribution in [2.75, 3.05) is 5.73 Å². The third kappa shape index (κ3) is 3.01. The van der Waals surface area contributed by atoms with E-state index in [0.29, 0.717) is 26.9 Å². The van der Waals surface area contributed by atoms with Crippen LogP contribution >= 0.6 is 38.9 Å². The van der Waals surface area contributed by atoms with Crippen LogP contribution in [0.25, 0.3) is 0 Å². The molecule has 1 aromatic carbocycles. The van der Waals surface area contributed by atoms with Gasteiger partial charge >= 0.3 is 0 Å². The van der Waals surface area contributed by atoms with Gasteiger partial charge in [-0.1, -0.05) is 23.7 Å². The van der Waals surface area contributed by atoms with Gasteiger partial charge in [-0.15, -0.1) is 11.3 Å². The lowest BCUT2D eigenvalue weighted by Crippen LogP contribution is -2.23. The van der Waals surface area contributed by atoms with E-state index >= 15 is 0 Å². The molecule has 1 aromatic heterocycles. The zero-order valence-electron chi connectivity index (χ0n) is 9.11. The summed E-state index contributed by atoms with van der Waals surface area (Å²) in [5, 5.41) is 5.39. The molecule has 0 unspecified atom stereocenters. The number of rotatable bonds is 3. The number of thiazole rings is 1. The van der Waals surface area contributed by atoms with E-state index < -0.39 is 0 Å². The molecular formula is C11H9BrClN3OS. The average Bonchev–Trinajstić information content (AvgIpc) is 2.77. The fourth-order valence-electron chi connectivity index (χ4n) is 1.35. The minimum Gasteiger partial charge on any atom is -0.397 e. The maximum atomic E-state index is 11.8. The maximum absolute atomic E-state index is 11.8. The molecule has 18 heavy (non-hydrogen) atoms. The number of nitrogens with two attached hydrogens (primary N) is 1. The second kappa shape index (κ2) is 5.69. The molecule has 2 rings (SSSR count). The van der Waals surface area contributed by atoms with Crippen molar-refractivity contribution in [3.05, 3.63) is 43.8 Å². The van der Waals surface area contributed by atoms with Crippen LogP contribution < -0.4 is 11.1 Å². The summed E-state index contributed by atoms with van der Waals surface area (Å²) >= 11 is 10.4. The predicted octanol–water partition coefficient (Wildman–Crippen LogP) is 3.07. The number of nitrogens with zero attached hydrogens (tertiary/aromatic N) is 1. The van der Waals surface area contributed by atoms with E-state index in [-0.39, 0.29) is 5.91 Å². The van der Waals surface area contributed by atoms with Crippen molar-refractivity contribution in [3.63, 3.8) is 0 Å². The highest BCUT2D eigenvalue weighted by Crippen LogP contribution is 2.22. The Kier molecular flexibility index (Phi) is 4.21. The zero-order valence-corrected chi connectivity index (χ0v) is 12.3. The number of hydrogen-bond donors (Lipinski definition) is 2. The first kappa shape index (κ1) is 13.3.